The van der Waals surface area contributed by atoms with Crippen LogP contribution in [0.15, 0.2) is 0 Å². The molecule has 0 radical (unpaired) electrons. The zero-order valence-corrected chi connectivity index (χ0v) is 10.8. The van der Waals surface area contributed by atoms with E-state index in [1.54, 1.807) is 4.68 Å². The lowest BCUT2D eigenvalue weighted by Crippen LogP contribution is -2.12. The van der Waals surface area contributed by atoms with E-state index in [0.717, 1.165) is 0 Å². The Morgan fingerprint density at radius 2 is 2.11 bits per heavy atom. The molecule has 0 aliphatic heterocycles. The maximum Gasteiger partial charge on any atom is 0.313 e. The van der Waals surface area contributed by atoms with Gasteiger partial charge in [0.2, 0.25) is 0 Å². The Morgan fingerprint density at radius 1 is 1.39 bits per heavy atom. The number of aromatic nitrogens is 2. The van der Waals surface area contributed by atoms with E-state index in [1.165, 1.54) is 0 Å². The van der Waals surface area contributed by atoms with Gasteiger partial charge in [0.25, 0.3) is 0 Å². The first-order valence-electron chi connectivity index (χ1n) is 6.07. The first-order chi connectivity index (χ1) is 8.65. The van der Waals surface area contributed by atoms with Crippen molar-refractivity contribution in [2.24, 2.45) is 0 Å². The van der Waals surface area contributed by atoms with Crippen molar-refractivity contribution in [2.75, 3.05) is 19.8 Å². The molecule has 0 bridgehead atoms. The summed E-state index contributed by atoms with van der Waals surface area (Å²) in [7, 11) is 0. The average molecular weight is 257 g/mol. The molecular formula is C11H19N3O4. The van der Waals surface area contributed by atoms with Crippen molar-refractivity contribution in [2.45, 2.75) is 33.2 Å². The molecule has 1 heterocycles. The first kappa shape index (κ1) is 14.6. The van der Waals surface area contributed by atoms with Crippen molar-refractivity contribution in [3.63, 3.8) is 0 Å². The first-order valence-corrected chi connectivity index (χ1v) is 6.07. The van der Waals surface area contributed by atoms with Gasteiger partial charge < -0.3 is 9.84 Å². The molecule has 0 saturated heterocycles. The Labute approximate surface area is 106 Å². The van der Waals surface area contributed by atoms with Crippen LogP contribution in [0.4, 0.5) is 5.69 Å². The van der Waals surface area contributed by atoms with Gasteiger partial charge in [-0.15, -0.1) is 0 Å². The second kappa shape index (κ2) is 7.07. The van der Waals surface area contributed by atoms with E-state index in [1.807, 2.05) is 13.8 Å². The molecule has 0 aliphatic carbocycles. The Hall–Kier alpha value is -1.47. The van der Waals surface area contributed by atoms with Crippen molar-refractivity contribution in [3.8, 4) is 0 Å². The van der Waals surface area contributed by atoms with Crippen LogP contribution >= 0.6 is 0 Å². The molecule has 102 valence electrons. The van der Waals surface area contributed by atoms with Crippen molar-refractivity contribution in [1.29, 1.82) is 0 Å². The summed E-state index contributed by atoms with van der Waals surface area (Å²) in [5.41, 5.74) is 1.27. The van der Waals surface area contributed by atoms with Gasteiger partial charge in [-0.2, -0.15) is 5.10 Å². The molecule has 1 N–H and O–H groups in total. The normalized spacial score (nSPS) is 10.8. The molecule has 1 rings (SSSR count). The summed E-state index contributed by atoms with van der Waals surface area (Å²) in [5, 5.41) is 23.9. The number of aliphatic hydroxyl groups is 1. The molecule has 18 heavy (non-hydrogen) atoms. The smallest absolute Gasteiger partial charge is 0.313 e. The minimum absolute atomic E-state index is 0.0277. The van der Waals surface area contributed by atoms with E-state index in [9.17, 15) is 10.1 Å². The average Bonchev–Trinajstić information content (AvgIpc) is 2.72. The van der Waals surface area contributed by atoms with Gasteiger partial charge in [0.1, 0.15) is 11.4 Å². The lowest BCUT2D eigenvalue weighted by molar-refractivity contribution is -0.386. The van der Waals surface area contributed by atoms with Crippen LogP contribution in [0, 0.1) is 10.1 Å². The molecule has 7 heteroatoms. The molecule has 0 fully saturated rings. The number of nitro groups is 1. The molecule has 0 unspecified atom stereocenters. The maximum atomic E-state index is 11.0. The summed E-state index contributed by atoms with van der Waals surface area (Å²) in [6.45, 7) is 4.81. The van der Waals surface area contributed by atoms with Gasteiger partial charge in [-0.05, 0) is 12.8 Å². The van der Waals surface area contributed by atoms with Crippen LogP contribution in [0.5, 0.6) is 0 Å². The molecule has 1 aromatic heterocycles. The van der Waals surface area contributed by atoms with E-state index < -0.39 is 0 Å². The third kappa shape index (κ3) is 3.27. The quantitative estimate of drug-likeness (QED) is 0.425. The molecule has 7 nitrogen and oxygen atoms in total. The number of aliphatic hydroxyl groups excluding tert-OH is 1. The highest BCUT2D eigenvalue weighted by Crippen LogP contribution is 2.24. The van der Waals surface area contributed by atoms with Crippen molar-refractivity contribution in [3.05, 3.63) is 21.5 Å². The Bertz CT molecular complexity index is 403. The van der Waals surface area contributed by atoms with E-state index >= 15 is 0 Å². The fourth-order valence-corrected chi connectivity index (χ4v) is 1.84. The van der Waals surface area contributed by atoms with Crippen LogP contribution in [0.1, 0.15) is 25.2 Å². The van der Waals surface area contributed by atoms with Crippen LogP contribution in [-0.4, -0.2) is 39.6 Å². The Morgan fingerprint density at radius 3 is 2.61 bits per heavy atom. The van der Waals surface area contributed by atoms with E-state index in [0.29, 0.717) is 37.4 Å². The topological polar surface area (TPSA) is 90.4 Å². The molecule has 0 aromatic carbocycles. The van der Waals surface area contributed by atoms with E-state index in [4.69, 9.17) is 9.84 Å². The van der Waals surface area contributed by atoms with Crippen LogP contribution in [0.3, 0.4) is 0 Å². The molecule has 0 amide bonds. The largest absolute Gasteiger partial charge is 0.394 e. The lowest BCUT2D eigenvalue weighted by Gasteiger charge is -2.05. The molecule has 0 saturated carbocycles. The second-order valence-electron chi connectivity index (χ2n) is 3.77. The van der Waals surface area contributed by atoms with Crippen molar-refractivity contribution < 1.29 is 14.8 Å². The maximum absolute atomic E-state index is 11.0. The SMILES string of the molecule is CCc1nn(CCOCCO)c(CC)c1[N+](=O)[O-]. The van der Waals surface area contributed by atoms with Gasteiger partial charge in [0.15, 0.2) is 0 Å². The second-order valence-corrected chi connectivity index (χ2v) is 3.77. The monoisotopic (exact) mass is 257 g/mol. The summed E-state index contributed by atoms with van der Waals surface area (Å²) in [6, 6.07) is 0. The molecule has 0 spiro atoms. The standard InChI is InChI=1S/C11H19N3O4/c1-3-9-11(14(16)17)10(4-2)13(12-9)5-7-18-8-6-15/h15H,3-8H2,1-2H3. The number of nitrogens with zero attached hydrogens (tertiary/aromatic N) is 3. The van der Waals surface area contributed by atoms with Crippen LogP contribution in [-0.2, 0) is 24.1 Å². The van der Waals surface area contributed by atoms with Gasteiger partial charge in [-0.3, -0.25) is 14.8 Å². The van der Waals surface area contributed by atoms with Gasteiger partial charge in [0, 0.05) is 0 Å². The number of aryl methyl sites for hydroxylation is 1. The highest BCUT2D eigenvalue weighted by Gasteiger charge is 2.24. The van der Waals surface area contributed by atoms with Crippen molar-refractivity contribution >= 4 is 5.69 Å². The van der Waals surface area contributed by atoms with Gasteiger partial charge in [-0.1, -0.05) is 13.8 Å². The minimum Gasteiger partial charge on any atom is -0.394 e. The predicted octanol–water partition coefficient (Wildman–Crippen LogP) is 0.925. The molecule has 1 aromatic rings. The number of ether oxygens (including phenoxy) is 1. The third-order valence-corrected chi connectivity index (χ3v) is 2.64. The highest BCUT2D eigenvalue weighted by atomic mass is 16.6. The van der Waals surface area contributed by atoms with Crippen LogP contribution in [0.2, 0.25) is 0 Å². The zero-order chi connectivity index (χ0) is 13.5. The number of hydrogen-bond acceptors (Lipinski definition) is 5. The predicted molar refractivity (Wildman–Crippen MR) is 65.5 cm³/mol. The summed E-state index contributed by atoms with van der Waals surface area (Å²) in [6.07, 6.45) is 1.09. The highest BCUT2D eigenvalue weighted by molar-refractivity contribution is 5.41. The summed E-state index contributed by atoms with van der Waals surface area (Å²) >= 11 is 0. The summed E-state index contributed by atoms with van der Waals surface area (Å²) in [5.74, 6) is 0. The fourth-order valence-electron chi connectivity index (χ4n) is 1.84. The Balaban J connectivity index is 2.87. The number of hydrogen-bond donors (Lipinski definition) is 1. The molecule has 0 aliphatic rings. The van der Waals surface area contributed by atoms with Crippen LogP contribution in [0.25, 0.3) is 0 Å². The van der Waals surface area contributed by atoms with E-state index in [-0.39, 0.29) is 23.8 Å². The summed E-state index contributed by atoms with van der Waals surface area (Å²) in [4.78, 5) is 10.7. The van der Waals surface area contributed by atoms with E-state index in [2.05, 4.69) is 5.10 Å². The lowest BCUT2D eigenvalue weighted by atomic mass is 10.2. The molecular weight excluding hydrogens is 238 g/mol. The van der Waals surface area contributed by atoms with Gasteiger partial charge in [-0.25, -0.2) is 0 Å². The van der Waals surface area contributed by atoms with Crippen molar-refractivity contribution in [1.82, 2.24) is 9.78 Å². The molecule has 0 atom stereocenters. The summed E-state index contributed by atoms with van der Waals surface area (Å²) < 4.78 is 6.78. The van der Waals surface area contributed by atoms with Gasteiger partial charge in [0.05, 0.1) is 31.3 Å². The number of rotatable bonds is 8. The third-order valence-electron chi connectivity index (χ3n) is 2.64. The minimum atomic E-state index is -0.365. The van der Waals surface area contributed by atoms with Gasteiger partial charge >= 0.3 is 5.69 Å². The fraction of sp³-hybridized carbons (Fsp3) is 0.727. The zero-order valence-electron chi connectivity index (χ0n) is 10.8. The Kier molecular flexibility index (Phi) is 5.73. The van der Waals surface area contributed by atoms with Crippen LogP contribution < -0.4 is 0 Å².